The van der Waals surface area contributed by atoms with Crippen molar-refractivity contribution in [2.75, 3.05) is 18.8 Å². The van der Waals surface area contributed by atoms with Crippen LogP contribution in [0.2, 0.25) is 0 Å². The van der Waals surface area contributed by atoms with Gasteiger partial charge in [-0.2, -0.15) is 0 Å². The molecule has 126 valence electrons. The number of benzene rings is 1. The number of nitrogens with one attached hydrogen (secondary N) is 1. The highest BCUT2D eigenvalue weighted by Gasteiger charge is 2.28. The third-order valence-corrected chi connectivity index (χ3v) is 7.02. The predicted octanol–water partition coefficient (Wildman–Crippen LogP) is 3.47. The second kappa shape index (κ2) is 6.65. The van der Waals surface area contributed by atoms with Crippen LogP contribution >= 0.6 is 0 Å². The van der Waals surface area contributed by atoms with E-state index in [9.17, 15) is 8.42 Å². The lowest BCUT2D eigenvalue weighted by Crippen LogP contribution is -2.40. The van der Waals surface area contributed by atoms with Gasteiger partial charge in [0.2, 0.25) is 10.0 Å². The Hall–Kier alpha value is -1.33. The summed E-state index contributed by atoms with van der Waals surface area (Å²) >= 11 is 0. The first-order valence-corrected chi connectivity index (χ1v) is 10.2. The monoisotopic (exact) mass is 334 g/mol. The molecule has 1 aromatic heterocycles. The van der Waals surface area contributed by atoms with Crippen LogP contribution in [0.25, 0.3) is 10.9 Å². The molecule has 5 heteroatoms. The molecule has 0 amide bonds. The van der Waals surface area contributed by atoms with Crippen molar-refractivity contribution in [1.29, 1.82) is 0 Å². The van der Waals surface area contributed by atoms with Gasteiger partial charge in [-0.25, -0.2) is 12.7 Å². The van der Waals surface area contributed by atoms with E-state index in [4.69, 9.17) is 0 Å². The van der Waals surface area contributed by atoms with Crippen molar-refractivity contribution in [3.05, 3.63) is 35.5 Å². The van der Waals surface area contributed by atoms with E-state index in [1.165, 1.54) is 22.2 Å². The van der Waals surface area contributed by atoms with E-state index < -0.39 is 10.0 Å². The van der Waals surface area contributed by atoms with Gasteiger partial charge < -0.3 is 4.98 Å². The normalized spacial score (nSPS) is 17.8. The number of aromatic nitrogens is 1. The first-order valence-electron chi connectivity index (χ1n) is 8.55. The average Bonchev–Trinajstić information content (AvgIpc) is 2.84. The fraction of sp³-hybridized carbons (Fsp3) is 0.556. The summed E-state index contributed by atoms with van der Waals surface area (Å²) in [4.78, 5) is 3.46. The molecule has 1 fully saturated rings. The maximum Gasteiger partial charge on any atom is 0.214 e. The molecular formula is C18H26N2O2S. The first-order chi connectivity index (χ1) is 11.0. The van der Waals surface area contributed by atoms with Crippen LogP contribution in [0.3, 0.4) is 0 Å². The maximum absolute atomic E-state index is 12.2. The maximum atomic E-state index is 12.2. The van der Waals surface area contributed by atoms with Crippen molar-refractivity contribution < 1.29 is 8.42 Å². The Morgan fingerprint density at radius 2 is 1.91 bits per heavy atom. The lowest BCUT2D eigenvalue weighted by atomic mass is 9.90. The third-order valence-electron chi connectivity index (χ3n) is 4.95. The standard InChI is InChI=1S/C18H26N2O2S/c1-3-12-23(21,22)20-10-8-15(9-11-20)13-17-14(2)19-18-7-5-4-6-16(17)18/h4-7,15,19H,3,8-13H2,1-2H3. The van der Waals surface area contributed by atoms with Crippen LogP contribution in [0.1, 0.15) is 37.4 Å². The van der Waals surface area contributed by atoms with E-state index in [0.29, 0.717) is 25.4 Å². The van der Waals surface area contributed by atoms with Crippen LogP contribution in [-0.4, -0.2) is 36.5 Å². The highest BCUT2D eigenvalue weighted by atomic mass is 32.2. The first kappa shape index (κ1) is 16.5. The predicted molar refractivity (Wildman–Crippen MR) is 95.1 cm³/mol. The molecule has 0 radical (unpaired) electrons. The summed E-state index contributed by atoms with van der Waals surface area (Å²) in [6.07, 6.45) is 3.65. The Morgan fingerprint density at radius 3 is 2.61 bits per heavy atom. The third kappa shape index (κ3) is 3.45. The molecule has 3 rings (SSSR count). The Balaban J connectivity index is 1.68. The van der Waals surface area contributed by atoms with Gasteiger partial charge in [0.05, 0.1) is 5.75 Å². The van der Waals surface area contributed by atoms with Gasteiger partial charge >= 0.3 is 0 Å². The van der Waals surface area contributed by atoms with Crippen LogP contribution in [0.15, 0.2) is 24.3 Å². The number of para-hydroxylation sites is 1. The molecule has 0 saturated carbocycles. The Labute approximate surface area is 138 Å². The zero-order chi connectivity index (χ0) is 16.4. The molecule has 2 heterocycles. The summed E-state index contributed by atoms with van der Waals surface area (Å²) in [5, 5.41) is 1.31. The van der Waals surface area contributed by atoms with Gasteiger partial charge in [-0.05, 0) is 50.2 Å². The number of fused-ring (bicyclic) bond motifs is 1. The number of sulfonamides is 1. The van der Waals surface area contributed by atoms with Crippen molar-refractivity contribution in [2.24, 2.45) is 5.92 Å². The molecule has 1 aliphatic rings. The SMILES string of the molecule is CCCS(=O)(=O)N1CCC(Cc2c(C)[nH]c3ccccc23)CC1. The minimum Gasteiger partial charge on any atom is -0.358 e. The summed E-state index contributed by atoms with van der Waals surface area (Å²) in [7, 11) is -3.03. The molecule has 1 saturated heterocycles. The Kier molecular flexibility index (Phi) is 4.78. The average molecular weight is 334 g/mol. The minimum atomic E-state index is -3.03. The highest BCUT2D eigenvalue weighted by Crippen LogP contribution is 2.29. The van der Waals surface area contributed by atoms with Crippen molar-refractivity contribution in [3.63, 3.8) is 0 Å². The van der Waals surface area contributed by atoms with Crippen LogP contribution in [-0.2, 0) is 16.4 Å². The molecule has 0 unspecified atom stereocenters. The Bertz CT molecular complexity index is 771. The van der Waals surface area contributed by atoms with Gasteiger partial charge in [-0.15, -0.1) is 0 Å². The number of aryl methyl sites for hydroxylation is 1. The zero-order valence-electron chi connectivity index (χ0n) is 14.0. The van der Waals surface area contributed by atoms with E-state index in [1.54, 1.807) is 4.31 Å². The van der Waals surface area contributed by atoms with Crippen LogP contribution < -0.4 is 0 Å². The van der Waals surface area contributed by atoms with Gasteiger partial charge in [-0.3, -0.25) is 0 Å². The second-order valence-corrected chi connectivity index (χ2v) is 8.73. The second-order valence-electron chi connectivity index (χ2n) is 6.64. The van der Waals surface area contributed by atoms with Crippen molar-refractivity contribution in [1.82, 2.24) is 9.29 Å². The van der Waals surface area contributed by atoms with Gasteiger partial charge in [-0.1, -0.05) is 25.1 Å². The summed E-state index contributed by atoms with van der Waals surface area (Å²) in [6.45, 7) is 5.41. The van der Waals surface area contributed by atoms with E-state index >= 15 is 0 Å². The van der Waals surface area contributed by atoms with E-state index in [2.05, 4.69) is 36.2 Å². The molecule has 1 aromatic carbocycles. The lowest BCUT2D eigenvalue weighted by Gasteiger charge is -2.31. The number of hydrogen-bond acceptors (Lipinski definition) is 2. The van der Waals surface area contributed by atoms with Crippen LogP contribution in [0.5, 0.6) is 0 Å². The largest absolute Gasteiger partial charge is 0.358 e. The smallest absolute Gasteiger partial charge is 0.214 e. The number of piperidine rings is 1. The molecule has 0 spiro atoms. The topological polar surface area (TPSA) is 53.2 Å². The van der Waals surface area contributed by atoms with Crippen molar-refractivity contribution in [2.45, 2.75) is 39.5 Å². The van der Waals surface area contributed by atoms with E-state index in [0.717, 1.165) is 19.3 Å². The molecule has 4 nitrogen and oxygen atoms in total. The van der Waals surface area contributed by atoms with Crippen LogP contribution in [0.4, 0.5) is 0 Å². The number of H-pyrrole nitrogens is 1. The lowest BCUT2D eigenvalue weighted by molar-refractivity contribution is 0.273. The number of aromatic amines is 1. The fourth-order valence-electron chi connectivity index (χ4n) is 3.67. The number of rotatable bonds is 5. The minimum absolute atomic E-state index is 0.277. The van der Waals surface area contributed by atoms with Gasteiger partial charge in [0, 0.05) is 29.7 Å². The fourth-order valence-corrected chi connectivity index (χ4v) is 5.21. The molecule has 23 heavy (non-hydrogen) atoms. The molecule has 0 aliphatic carbocycles. The van der Waals surface area contributed by atoms with Gasteiger partial charge in [0.1, 0.15) is 0 Å². The zero-order valence-corrected chi connectivity index (χ0v) is 14.8. The summed E-state index contributed by atoms with van der Waals surface area (Å²) < 4.78 is 26.0. The van der Waals surface area contributed by atoms with E-state index in [-0.39, 0.29) is 5.75 Å². The number of hydrogen-bond donors (Lipinski definition) is 1. The molecule has 2 aromatic rings. The van der Waals surface area contributed by atoms with Crippen molar-refractivity contribution in [3.8, 4) is 0 Å². The van der Waals surface area contributed by atoms with E-state index in [1.807, 2.05) is 6.92 Å². The molecular weight excluding hydrogens is 308 g/mol. The van der Waals surface area contributed by atoms with Gasteiger partial charge in [0.25, 0.3) is 0 Å². The Morgan fingerprint density at radius 1 is 1.22 bits per heavy atom. The molecule has 1 N–H and O–H groups in total. The number of nitrogens with zero attached hydrogens (tertiary/aromatic N) is 1. The highest BCUT2D eigenvalue weighted by molar-refractivity contribution is 7.89. The van der Waals surface area contributed by atoms with Crippen LogP contribution in [0, 0.1) is 12.8 Å². The molecule has 0 bridgehead atoms. The quantitative estimate of drug-likeness (QED) is 0.910. The molecule has 1 aliphatic heterocycles. The van der Waals surface area contributed by atoms with Crippen molar-refractivity contribution >= 4 is 20.9 Å². The summed E-state index contributed by atoms with van der Waals surface area (Å²) in [6, 6.07) is 8.43. The summed E-state index contributed by atoms with van der Waals surface area (Å²) in [5.41, 5.74) is 3.84. The summed E-state index contributed by atoms with van der Waals surface area (Å²) in [5.74, 6) is 0.847. The molecule has 0 atom stereocenters. The van der Waals surface area contributed by atoms with Gasteiger partial charge in [0.15, 0.2) is 0 Å².